The van der Waals surface area contributed by atoms with Crippen molar-refractivity contribution in [3.8, 4) is 11.5 Å². The fourth-order valence-electron chi connectivity index (χ4n) is 7.64. The number of fused-ring (bicyclic) bond motifs is 4. The van der Waals surface area contributed by atoms with E-state index in [0.29, 0.717) is 25.7 Å². The van der Waals surface area contributed by atoms with Gasteiger partial charge in [-0.3, -0.25) is 19.2 Å². The lowest BCUT2D eigenvalue weighted by Crippen LogP contribution is -2.43. The average Bonchev–Trinajstić information content (AvgIpc) is 3.23. The van der Waals surface area contributed by atoms with Gasteiger partial charge in [-0.1, -0.05) is 53.7 Å². The standard InChI is InChI=1S/C28H34O6/c1-23(2)25(5)11-13-27(23,15-19(25)29)21(31)33-17-9-7-8-10-18(17)34-22(32)28-14-12-26(6,20(30)16-28)24(28,3)4/h7-10H,11-16H2,1-6H3. The Balaban J connectivity index is 1.42. The molecule has 34 heavy (non-hydrogen) atoms. The molecule has 0 N–H and O–H groups in total. The number of Topliss-reactive ketones (excluding diaryl/α,β-unsaturated/α-hetero) is 2. The molecule has 0 heterocycles. The highest BCUT2D eigenvalue weighted by Gasteiger charge is 2.74. The zero-order chi connectivity index (χ0) is 24.9. The lowest BCUT2D eigenvalue weighted by molar-refractivity contribution is -0.154. The predicted molar refractivity (Wildman–Crippen MR) is 124 cm³/mol. The van der Waals surface area contributed by atoms with Gasteiger partial charge in [0.1, 0.15) is 11.6 Å². The first-order chi connectivity index (χ1) is 15.7. The molecule has 1 aromatic rings. The zero-order valence-corrected chi connectivity index (χ0v) is 21.0. The van der Waals surface area contributed by atoms with Crippen LogP contribution in [0.15, 0.2) is 24.3 Å². The Labute approximate surface area is 200 Å². The molecule has 182 valence electrons. The maximum atomic E-state index is 13.5. The van der Waals surface area contributed by atoms with Crippen molar-refractivity contribution in [3.63, 3.8) is 0 Å². The van der Waals surface area contributed by atoms with E-state index < -0.39 is 44.4 Å². The van der Waals surface area contributed by atoms with Crippen molar-refractivity contribution in [1.29, 1.82) is 0 Å². The third-order valence-corrected chi connectivity index (χ3v) is 11.4. The van der Waals surface area contributed by atoms with Gasteiger partial charge in [0.2, 0.25) is 0 Å². The molecule has 0 radical (unpaired) electrons. The summed E-state index contributed by atoms with van der Waals surface area (Å²) in [5, 5.41) is 0. The Hall–Kier alpha value is -2.50. The van der Waals surface area contributed by atoms with Crippen LogP contribution in [0.1, 0.15) is 80.1 Å². The fraction of sp³-hybridized carbons (Fsp3) is 0.643. The van der Waals surface area contributed by atoms with Gasteiger partial charge < -0.3 is 9.47 Å². The van der Waals surface area contributed by atoms with Gasteiger partial charge in [-0.05, 0) is 48.6 Å². The van der Waals surface area contributed by atoms with Crippen LogP contribution in [0.5, 0.6) is 11.5 Å². The van der Waals surface area contributed by atoms with Crippen LogP contribution >= 0.6 is 0 Å². The van der Waals surface area contributed by atoms with E-state index in [4.69, 9.17) is 9.47 Å². The third kappa shape index (κ3) is 2.37. The van der Waals surface area contributed by atoms with Crippen LogP contribution in [0.25, 0.3) is 0 Å². The average molecular weight is 467 g/mol. The zero-order valence-electron chi connectivity index (χ0n) is 21.0. The highest BCUT2D eigenvalue weighted by atomic mass is 16.6. The van der Waals surface area contributed by atoms with Crippen LogP contribution in [-0.4, -0.2) is 23.5 Å². The van der Waals surface area contributed by atoms with Crippen LogP contribution < -0.4 is 9.47 Å². The summed E-state index contributed by atoms with van der Waals surface area (Å²) in [4.78, 5) is 52.6. The van der Waals surface area contributed by atoms with E-state index in [1.807, 2.05) is 41.5 Å². The molecule has 0 amide bonds. The van der Waals surface area contributed by atoms with Gasteiger partial charge in [0.25, 0.3) is 0 Å². The van der Waals surface area contributed by atoms with E-state index in [2.05, 4.69) is 0 Å². The van der Waals surface area contributed by atoms with Crippen molar-refractivity contribution in [2.45, 2.75) is 80.1 Å². The van der Waals surface area contributed by atoms with Gasteiger partial charge in [0.15, 0.2) is 11.5 Å². The van der Waals surface area contributed by atoms with Crippen molar-refractivity contribution < 1.29 is 28.7 Å². The van der Waals surface area contributed by atoms with Gasteiger partial charge >= 0.3 is 11.9 Å². The summed E-state index contributed by atoms with van der Waals surface area (Å²) in [6, 6.07) is 6.65. The summed E-state index contributed by atoms with van der Waals surface area (Å²) >= 11 is 0. The number of hydrogen-bond donors (Lipinski definition) is 0. The van der Waals surface area contributed by atoms with E-state index >= 15 is 0 Å². The smallest absolute Gasteiger partial charge is 0.318 e. The summed E-state index contributed by atoms with van der Waals surface area (Å²) in [7, 11) is 0. The number of ether oxygens (including phenoxy) is 2. The Kier molecular flexibility index (Phi) is 4.50. The van der Waals surface area contributed by atoms with Crippen molar-refractivity contribution in [2.75, 3.05) is 0 Å². The molecule has 4 fully saturated rings. The number of carbonyl (C=O) groups is 4. The van der Waals surface area contributed by atoms with E-state index in [1.54, 1.807) is 24.3 Å². The van der Waals surface area contributed by atoms with E-state index in [0.717, 1.165) is 0 Å². The molecular weight excluding hydrogens is 432 g/mol. The highest BCUT2D eigenvalue weighted by Crippen LogP contribution is 2.72. The van der Waals surface area contributed by atoms with E-state index in [9.17, 15) is 19.2 Å². The molecule has 4 aliphatic carbocycles. The summed E-state index contributed by atoms with van der Waals surface area (Å²) < 4.78 is 11.8. The Bertz CT molecular complexity index is 1060. The molecule has 5 rings (SSSR count). The molecule has 6 heteroatoms. The minimum absolute atomic E-state index is 0.108. The number of ketones is 2. The number of benzene rings is 1. The van der Waals surface area contributed by atoms with Crippen LogP contribution in [0.4, 0.5) is 0 Å². The Morgan fingerprint density at radius 1 is 0.647 bits per heavy atom. The molecule has 0 spiro atoms. The topological polar surface area (TPSA) is 86.7 Å². The Morgan fingerprint density at radius 3 is 1.26 bits per heavy atom. The molecule has 4 aliphatic rings. The number of rotatable bonds is 4. The Morgan fingerprint density at radius 2 is 1.00 bits per heavy atom. The maximum absolute atomic E-state index is 13.5. The van der Waals surface area contributed by atoms with Gasteiger partial charge in [0.05, 0.1) is 10.8 Å². The first-order valence-corrected chi connectivity index (χ1v) is 12.3. The SMILES string of the molecule is CC12CCC(C(=O)Oc3ccccc3OC(=O)C34CCC(C)(C(=O)C3)C4(C)C)(CC1=O)C2(C)C. The maximum Gasteiger partial charge on any atom is 0.318 e. The third-order valence-electron chi connectivity index (χ3n) is 11.4. The molecule has 1 aromatic carbocycles. The first-order valence-electron chi connectivity index (χ1n) is 12.3. The largest absolute Gasteiger partial charge is 0.422 e. The molecule has 4 unspecified atom stereocenters. The normalized spacial score (nSPS) is 38.9. The first kappa shape index (κ1) is 23.3. The molecule has 4 saturated carbocycles. The molecule has 4 bridgehead atoms. The van der Waals surface area contributed by atoms with Crippen molar-refractivity contribution in [2.24, 2.45) is 32.5 Å². The summed E-state index contributed by atoms with van der Waals surface area (Å²) in [6.45, 7) is 11.8. The molecule has 0 saturated heterocycles. The number of para-hydroxylation sites is 2. The quantitative estimate of drug-likeness (QED) is 0.455. The second kappa shape index (κ2) is 6.58. The van der Waals surface area contributed by atoms with Crippen molar-refractivity contribution in [1.82, 2.24) is 0 Å². The highest BCUT2D eigenvalue weighted by molar-refractivity contribution is 5.99. The number of hydrogen-bond acceptors (Lipinski definition) is 6. The molecule has 6 nitrogen and oxygen atoms in total. The second-order valence-corrected chi connectivity index (χ2v) is 12.5. The second-order valence-electron chi connectivity index (χ2n) is 12.5. The van der Waals surface area contributed by atoms with Gasteiger partial charge in [-0.15, -0.1) is 0 Å². The van der Waals surface area contributed by atoms with E-state index in [1.165, 1.54) is 0 Å². The molecule has 4 atom stereocenters. The van der Waals surface area contributed by atoms with Crippen molar-refractivity contribution >= 4 is 23.5 Å². The van der Waals surface area contributed by atoms with Gasteiger partial charge in [-0.25, -0.2) is 0 Å². The van der Waals surface area contributed by atoms with Gasteiger partial charge in [-0.2, -0.15) is 0 Å². The minimum atomic E-state index is -0.887. The molecule has 0 aromatic heterocycles. The monoisotopic (exact) mass is 466 g/mol. The van der Waals surface area contributed by atoms with Crippen molar-refractivity contribution in [3.05, 3.63) is 24.3 Å². The summed E-state index contributed by atoms with van der Waals surface area (Å²) in [5.74, 6) is -0.345. The van der Waals surface area contributed by atoms with Crippen LogP contribution in [0.2, 0.25) is 0 Å². The van der Waals surface area contributed by atoms with Crippen LogP contribution in [0.3, 0.4) is 0 Å². The lowest BCUT2D eigenvalue weighted by atomic mass is 9.65. The van der Waals surface area contributed by atoms with Crippen LogP contribution in [-0.2, 0) is 19.2 Å². The number of esters is 2. The fourth-order valence-corrected chi connectivity index (χ4v) is 7.64. The summed E-state index contributed by atoms with van der Waals surface area (Å²) in [6.07, 6.45) is 2.87. The molecule has 0 aliphatic heterocycles. The molecular formula is C28H34O6. The summed E-state index contributed by atoms with van der Waals surface area (Å²) in [5.41, 5.74) is -3.90. The number of carbonyl (C=O) groups excluding carboxylic acids is 4. The van der Waals surface area contributed by atoms with E-state index in [-0.39, 0.29) is 35.9 Å². The van der Waals surface area contributed by atoms with Crippen LogP contribution in [0, 0.1) is 32.5 Å². The lowest BCUT2D eigenvalue weighted by Gasteiger charge is -2.38. The van der Waals surface area contributed by atoms with Gasteiger partial charge in [0, 0.05) is 23.7 Å². The minimum Gasteiger partial charge on any atom is -0.422 e. The predicted octanol–water partition coefficient (Wildman–Crippen LogP) is 5.07.